The van der Waals surface area contributed by atoms with Crippen molar-refractivity contribution in [2.24, 2.45) is 0 Å². The minimum atomic E-state index is 0.958. The summed E-state index contributed by atoms with van der Waals surface area (Å²) >= 11 is 0. The van der Waals surface area contributed by atoms with Crippen molar-refractivity contribution >= 4 is 11.4 Å². The van der Waals surface area contributed by atoms with Gasteiger partial charge in [-0.25, -0.2) is 0 Å². The van der Waals surface area contributed by atoms with E-state index in [1.807, 2.05) is 13.8 Å². The number of hydrogen-bond donors (Lipinski definition) is 1. The zero-order valence-corrected chi connectivity index (χ0v) is 15.4. The molecule has 1 nitrogen and oxygen atoms in total. The van der Waals surface area contributed by atoms with Crippen molar-refractivity contribution in [3.05, 3.63) is 84.5 Å². The van der Waals surface area contributed by atoms with Crippen LogP contribution >= 0.6 is 0 Å². The highest BCUT2D eigenvalue weighted by molar-refractivity contribution is 5.78. The first kappa shape index (κ1) is 20.7. The van der Waals surface area contributed by atoms with E-state index >= 15 is 0 Å². The molecule has 23 heavy (non-hydrogen) atoms. The first-order chi connectivity index (χ1) is 11.1. The third-order valence-electron chi connectivity index (χ3n) is 3.44. The third kappa shape index (κ3) is 6.15. The number of nitrogens with one attached hydrogen (secondary N) is 1. The zero-order chi connectivity index (χ0) is 17.8. The highest BCUT2D eigenvalue weighted by Crippen LogP contribution is 2.23. The Balaban J connectivity index is 0.00000112. The summed E-state index contributed by atoms with van der Waals surface area (Å²) in [5.74, 6) is 0. The van der Waals surface area contributed by atoms with Gasteiger partial charge in [-0.3, -0.25) is 0 Å². The molecule has 2 aromatic carbocycles. The van der Waals surface area contributed by atoms with Gasteiger partial charge < -0.3 is 5.32 Å². The number of aryl methyl sites for hydroxylation is 3. The molecule has 0 unspecified atom stereocenters. The molecule has 0 spiro atoms. The maximum Gasteiger partial charge on any atom is 0.0390 e. The quantitative estimate of drug-likeness (QED) is 0.614. The molecule has 0 fully saturated rings. The molecule has 0 amide bonds. The minimum absolute atomic E-state index is 0.958. The zero-order valence-electron chi connectivity index (χ0n) is 15.4. The topological polar surface area (TPSA) is 12.0 Å². The van der Waals surface area contributed by atoms with Crippen molar-refractivity contribution in [1.29, 1.82) is 0 Å². The van der Waals surface area contributed by atoms with Crippen LogP contribution in [-0.4, -0.2) is 0 Å². The molecule has 1 N–H and O–H groups in total. The van der Waals surface area contributed by atoms with Crippen molar-refractivity contribution in [1.82, 2.24) is 0 Å². The van der Waals surface area contributed by atoms with E-state index in [2.05, 4.69) is 88.3 Å². The van der Waals surface area contributed by atoms with Gasteiger partial charge in [0.05, 0.1) is 0 Å². The Hall–Kier alpha value is -2.28. The first-order valence-electron chi connectivity index (χ1n) is 8.23. The van der Waals surface area contributed by atoms with Crippen LogP contribution in [0.3, 0.4) is 0 Å². The first-order valence-corrected chi connectivity index (χ1v) is 8.23. The van der Waals surface area contributed by atoms with Gasteiger partial charge in [0, 0.05) is 16.9 Å². The molecule has 0 aliphatic rings. The molecule has 0 aliphatic carbocycles. The SMILES string of the molecule is C=C.C=C(Nc1ccc(CC)cc1)c1c(C)cccc1C.CC. The van der Waals surface area contributed by atoms with Gasteiger partial charge in [-0.15, -0.1) is 13.2 Å². The van der Waals surface area contributed by atoms with Crippen LogP contribution in [0, 0.1) is 13.8 Å². The molecular weight excluding hydrogens is 278 g/mol. The fourth-order valence-electron chi connectivity index (χ4n) is 2.35. The molecular formula is C22H31N. The number of benzene rings is 2. The van der Waals surface area contributed by atoms with Crippen LogP contribution in [0.4, 0.5) is 5.69 Å². The lowest BCUT2D eigenvalue weighted by atomic mass is 10.0. The average molecular weight is 309 g/mol. The second-order valence-electron chi connectivity index (χ2n) is 4.92. The largest absolute Gasteiger partial charge is 0.356 e. The Labute approximate surface area is 142 Å². The molecule has 0 bridgehead atoms. The highest BCUT2D eigenvalue weighted by atomic mass is 14.9. The van der Waals surface area contributed by atoms with Crippen LogP contribution < -0.4 is 5.32 Å². The van der Waals surface area contributed by atoms with Gasteiger partial charge in [0.25, 0.3) is 0 Å². The fraction of sp³-hybridized carbons (Fsp3) is 0.273. The molecule has 2 rings (SSSR count). The highest BCUT2D eigenvalue weighted by Gasteiger charge is 2.06. The van der Waals surface area contributed by atoms with Crippen LogP contribution in [-0.2, 0) is 6.42 Å². The molecule has 124 valence electrons. The monoisotopic (exact) mass is 309 g/mol. The predicted molar refractivity (Wildman–Crippen MR) is 107 cm³/mol. The Morgan fingerprint density at radius 2 is 1.39 bits per heavy atom. The van der Waals surface area contributed by atoms with Gasteiger partial charge >= 0.3 is 0 Å². The summed E-state index contributed by atoms with van der Waals surface area (Å²) in [6, 6.07) is 14.8. The summed E-state index contributed by atoms with van der Waals surface area (Å²) in [7, 11) is 0. The lowest BCUT2D eigenvalue weighted by Crippen LogP contribution is -2.01. The molecule has 2 aromatic rings. The molecule has 0 atom stereocenters. The van der Waals surface area contributed by atoms with E-state index in [1.54, 1.807) is 0 Å². The predicted octanol–water partition coefficient (Wildman–Crippen LogP) is 6.78. The molecule has 0 aliphatic heterocycles. The minimum Gasteiger partial charge on any atom is -0.356 e. The van der Waals surface area contributed by atoms with Crippen LogP contribution in [0.25, 0.3) is 5.70 Å². The van der Waals surface area contributed by atoms with Crippen molar-refractivity contribution in [3.63, 3.8) is 0 Å². The fourth-order valence-corrected chi connectivity index (χ4v) is 2.35. The standard InChI is InChI=1S/C18H21N.C2H6.C2H4/c1-5-16-9-11-17(12-10-16)19-15(4)18-13(2)7-6-8-14(18)3;2*1-2/h6-12,19H,4-5H2,1-3H3;1-2H3;1-2H2. The van der Waals surface area contributed by atoms with Crippen LogP contribution in [0.1, 0.15) is 43.0 Å². The van der Waals surface area contributed by atoms with Gasteiger partial charge in [0.2, 0.25) is 0 Å². The maximum atomic E-state index is 4.17. The Kier molecular flexibility index (Phi) is 10.2. The van der Waals surface area contributed by atoms with Crippen molar-refractivity contribution in [2.45, 2.75) is 41.0 Å². The van der Waals surface area contributed by atoms with E-state index in [4.69, 9.17) is 0 Å². The van der Waals surface area contributed by atoms with Gasteiger partial charge in [0.1, 0.15) is 0 Å². The van der Waals surface area contributed by atoms with Crippen LogP contribution in [0.2, 0.25) is 0 Å². The molecule has 0 saturated heterocycles. The summed E-state index contributed by atoms with van der Waals surface area (Å²) in [6.45, 7) is 20.6. The van der Waals surface area contributed by atoms with Gasteiger partial charge in [-0.2, -0.15) is 0 Å². The van der Waals surface area contributed by atoms with Gasteiger partial charge in [-0.1, -0.05) is 57.7 Å². The van der Waals surface area contributed by atoms with E-state index in [1.165, 1.54) is 22.3 Å². The van der Waals surface area contributed by atoms with E-state index in [-0.39, 0.29) is 0 Å². The summed E-state index contributed by atoms with van der Waals surface area (Å²) < 4.78 is 0. The molecule has 1 heteroatoms. The van der Waals surface area contributed by atoms with Crippen molar-refractivity contribution < 1.29 is 0 Å². The summed E-state index contributed by atoms with van der Waals surface area (Å²) in [5.41, 5.74) is 7.11. The lowest BCUT2D eigenvalue weighted by molar-refractivity contribution is 1.14. The normalized spacial score (nSPS) is 8.91. The molecule has 0 aromatic heterocycles. The second-order valence-corrected chi connectivity index (χ2v) is 4.92. The van der Waals surface area contributed by atoms with E-state index in [9.17, 15) is 0 Å². The molecule has 0 heterocycles. The maximum absolute atomic E-state index is 4.17. The average Bonchev–Trinajstić information content (AvgIpc) is 2.59. The summed E-state index contributed by atoms with van der Waals surface area (Å²) in [4.78, 5) is 0. The number of hydrogen-bond acceptors (Lipinski definition) is 1. The smallest absolute Gasteiger partial charge is 0.0390 e. The Morgan fingerprint density at radius 3 is 1.83 bits per heavy atom. The second kappa shape index (κ2) is 11.3. The summed E-state index contributed by atoms with van der Waals surface area (Å²) in [6.07, 6.45) is 1.07. The number of anilines is 1. The van der Waals surface area contributed by atoms with E-state index in [0.29, 0.717) is 0 Å². The Bertz CT molecular complexity index is 574. The Morgan fingerprint density at radius 1 is 0.913 bits per heavy atom. The van der Waals surface area contributed by atoms with Crippen molar-refractivity contribution in [2.75, 3.05) is 5.32 Å². The van der Waals surface area contributed by atoms with Gasteiger partial charge in [-0.05, 0) is 49.1 Å². The molecule has 0 radical (unpaired) electrons. The third-order valence-corrected chi connectivity index (χ3v) is 3.44. The molecule has 0 saturated carbocycles. The van der Waals surface area contributed by atoms with Gasteiger partial charge in [0.15, 0.2) is 0 Å². The lowest BCUT2D eigenvalue weighted by Gasteiger charge is -2.15. The summed E-state index contributed by atoms with van der Waals surface area (Å²) in [5, 5.41) is 3.40. The van der Waals surface area contributed by atoms with Crippen molar-refractivity contribution in [3.8, 4) is 0 Å². The van der Waals surface area contributed by atoms with Crippen LogP contribution in [0.15, 0.2) is 62.2 Å². The van der Waals surface area contributed by atoms with Crippen LogP contribution in [0.5, 0.6) is 0 Å². The number of rotatable bonds is 4. The van der Waals surface area contributed by atoms with E-state index in [0.717, 1.165) is 17.8 Å². The van der Waals surface area contributed by atoms with E-state index < -0.39 is 0 Å².